The van der Waals surface area contributed by atoms with Gasteiger partial charge in [0, 0.05) is 13.1 Å². The highest BCUT2D eigenvalue weighted by Gasteiger charge is 2.24. The van der Waals surface area contributed by atoms with Crippen molar-refractivity contribution in [1.82, 2.24) is 5.32 Å². The van der Waals surface area contributed by atoms with Crippen molar-refractivity contribution in [2.45, 2.75) is 30.7 Å². The maximum atomic E-state index is 12.7. The molecular formula is C20H22N2O5S. The van der Waals surface area contributed by atoms with Gasteiger partial charge in [0.25, 0.3) is 15.9 Å². The molecule has 1 aliphatic rings. The number of hydrogen-bond acceptors (Lipinski definition) is 5. The SMILES string of the molecule is Cc1ccc(S(=O)(=O)N(C)c2ccc(C(=O)OCC(=O)NC3CC3)cc2)cc1. The largest absolute Gasteiger partial charge is 0.452 e. The van der Waals surface area contributed by atoms with Crippen molar-refractivity contribution in [3.05, 3.63) is 59.7 Å². The molecule has 7 nitrogen and oxygen atoms in total. The molecule has 0 aromatic heterocycles. The summed E-state index contributed by atoms with van der Waals surface area (Å²) in [6, 6.07) is 12.8. The molecule has 28 heavy (non-hydrogen) atoms. The zero-order valence-electron chi connectivity index (χ0n) is 15.7. The maximum Gasteiger partial charge on any atom is 0.338 e. The van der Waals surface area contributed by atoms with Crippen LogP contribution in [0.2, 0.25) is 0 Å². The molecule has 0 heterocycles. The number of carbonyl (C=O) groups excluding carboxylic acids is 2. The molecule has 1 N–H and O–H groups in total. The van der Waals surface area contributed by atoms with Crippen molar-refractivity contribution < 1.29 is 22.7 Å². The lowest BCUT2D eigenvalue weighted by molar-refractivity contribution is -0.124. The molecule has 0 saturated heterocycles. The van der Waals surface area contributed by atoms with E-state index >= 15 is 0 Å². The van der Waals surface area contributed by atoms with Crippen molar-refractivity contribution in [3.8, 4) is 0 Å². The summed E-state index contributed by atoms with van der Waals surface area (Å²) in [7, 11) is -2.26. The van der Waals surface area contributed by atoms with Crippen LogP contribution in [0, 0.1) is 6.92 Å². The van der Waals surface area contributed by atoms with Gasteiger partial charge in [0.1, 0.15) is 0 Å². The summed E-state index contributed by atoms with van der Waals surface area (Å²) >= 11 is 0. The third-order valence-corrected chi connectivity index (χ3v) is 6.22. The number of anilines is 1. The molecular weight excluding hydrogens is 380 g/mol. The number of aryl methyl sites for hydroxylation is 1. The molecule has 0 unspecified atom stereocenters. The Kier molecular flexibility index (Phi) is 5.69. The lowest BCUT2D eigenvalue weighted by Gasteiger charge is -2.19. The third-order valence-electron chi connectivity index (χ3n) is 4.42. The average Bonchev–Trinajstić information content (AvgIpc) is 3.50. The molecule has 0 atom stereocenters. The van der Waals surface area contributed by atoms with Crippen LogP contribution in [0.1, 0.15) is 28.8 Å². The summed E-state index contributed by atoms with van der Waals surface area (Å²) in [5.74, 6) is -0.960. The van der Waals surface area contributed by atoms with Gasteiger partial charge in [0.15, 0.2) is 6.61 Å². The van der Waals surface area contributed by atoms with Gasteiger partial charge >= 0.3 is 5.97 Å². The Morgan fingerprint density at radius 1 is 1.07 bits per heavy atom. The summed E-state index contributed by atoms with van der Waals surface area (Å²) in [6.07, 6.45) is 1.92. The van der Waals surface area contributed by atoms with E-state index in [0.29, 0.717) is 5.69 Å². The van der Waals surface area contributed by atoms with Gasteiger partial charge in [-0.05, 0) is 56.2 Å². The van der Waals surface area contributed by atoms with Gasteiger partial charge in [0.2, 0.25) is 0 Å². The van der Waals surface area contributed by atoms with Gasteiger partial charge < -0.3 is 10.1 Å². The smallest absolute Gasteiger partial charge is 0.338 e. The molecule has 8 heteroatoms. The minimum absolute atomic E-state index is 0.186. The Hall–Kier alpha value is -2.87. The number of nitrogens with one attached hydrogen (secondary N) is 1. The van der Waals surface area contributed by atoms with Crippen molar-refractivity contribution in [2.24, 2.45) is 0 Å². The fraction of sp³-hybridized carbons (Fsp3) is 0.300. The van der Waals surface area contributed by atoms with E-state index in [9.17, 15) is 18.0 Å². The number of rotatable bonds is 7. The first-order valence-corrected chi connectivity index (χ1v) is 10.3. The quantitative estimate of drug-likeness (QED) is 0.717. The van der Waals surface area contributed by atoms with Crippen LogP contribution in [0.3, 0.4) is 0 Å². The van der Waals surface area contributed by atoms with Crippen LogP contribution in [0.25, 0.3) is 0 Å². The van der Waals surface area contributed by atoms with Crippen LogP contribution in [-0.2, 0) is 19.6 Å². The van der Waals surface area contributed by atoms with Crippen LogP contribution in [-0.4, -0.2) is 40.0 Å². The molecule has 0 aliphatic heterocycles. The summed E-state index contributed by atoms with van der Waals surface area (Å²) in [5.41, 5.74) is 1.61. The first-order chi connectivity index (χ1) is 13.3. The Morgan fingerprint density at radius 3 is 2.25 bits per heavy atom. The maximum absolute atomic E-state index is 12.7. The van der Waals surface area contributed by atoms with E-state index < -0.39 is 16.0 Å². The van der Waals surface area contributed by atoms with Crippen molar-refractivity contribution in [2.75, 3.05) is 18.0 Å². The number of ether oxygens (including phenoxy) is 1. The van der Waals surface area contributed by atoms with E-state index in [1.165, 1.54) is 31.3 Å². The van der Waals surface area contributed by atoms with Crippen LogP contribution in [0.5, 0.6) is 0 Å². The molecule has 0 radical (unpaired) electrons. The van der Waals surface area contributed by atoms with Crippen LogP contribution < -0.4 is 9.62 Å². The lowest BCUT2D eigenvalue weighted by Crippen LogP contribution is -2.30. The number of nitrogens with zero attached hydrogens (tertiary/aromatic N) is 1. The highest BCUT2D eigenvalue weighted by molar-refractivity contribution is 7.92. The second-order valence-electron chi connectivity index (χ2n) is 6.75. The second-order valence-corrected chi connectivity index (χ2v) is 8.72. The summed E-state index contributed by atoms with van der Waals surface area (Å²) < 4.78 is 31.6. The lowest BCUT2D eigenvalue weighted by atomic mass is 10.2. The van der Waals surface area contributed by atoms with E-state index in [-0.39, 0.29) is 29.0 Å². The number of carbonyl (C=O) groups is 2. The van der Waals surface area contributed by atoms with Crippen LogP contribution in [0.4, 0.5) is 5.69 Å². The number of esters is 1. The Bertz CT molecular complexity index is 965. The highest BCUT2D eigenvalue weighted by atomic mass is 32.2. The topological polar surface area (TPSA) is 92.8 Å². The van der Waals surface area contributed by atoms with E-state index in [1.807, 2.05) is 6.92 Å². The van der Waals surface area contributed by atoms with Crippen molar-refractivity contribution in [1.29, 1.82) is 0 Å². The monoisotopic (exact) mass is 402 g/mol. The zero-order valence-corrected chi connectivity index (χ0v) is 16.5. The van der Waals surface area contributed by atoms with E-state index in [1.54, 1.807) is 24.3 Å². The molecule has 1 fully saturated rings. The van der Waals surface area contributed by atoms with Crippen LogP contribution >= 0.6 is 0 Å². The van der Waals surface area contributed by atoms with Gasteiger partial charge in [0.05, 0.1) is 16.1 Å². The number of amides is 1. The normalized spacial score (nSPS) is 13.6. The van der Waals surface area contributed by atoms with Gasteiger partial charge in [-0.25, -0.2) is 13.2 Å². The second kappa shape index (κ2) is 8.02. The van der Waals surface area contributed by atoms with E-state index in [0.717, 1.165) is 22.7 Å². The minimum Gasteiger partial charge on any atom is -0.452 e. The predicted octanol–water partition coefficient (Wildman–Crippen LogP) is 2.26. The fourth-order valence-electron chi connectivity index (χ4n) is 2.53. The predicted molar refractivity (Wildman–Crippen MR) is 105 cm³/mol. The van der Waals surface area contributed by atoms with E-state index in [2.05, 4.69) is 5.32 Å². The van der Waals surface area contributed by atoms with Gasteiger partial charge in [-0.1, -0.05) is 17.7 Å². The Morgan fingerprint density at radius 2 is 1.68 bits per heavy atom. The van der Waals surface area contributed by atoms with Gasteiger partial charge in [-0.3, -0.25) is 9.10 Å². The molecule has 148 valence electrons. The standard InChI is InChI=1S/C20H22N2O5S/c1-14-3-11-18(12-4-14)28(25,26)22(2)17-9-5-15(6-10-17)20(24)27-13-19(23)21-16-7-8-16/h3-6,9-12,16H,7-8,13H2,1-2H3,(H,21,23). The third kappa shape index (κ3) is 4.69. The summed E-state index contributed by atoms with van der Waals surface area (Å²) in [6.45, 7) is 1.55. The molecule has 2 aromatic rings. The fourth-order valence-corrected chi connectivity index (χ4v) is 3.72. The first kappa shape index (κ1) is 19.9. The number of hydrogen-bond donors (Lipinski definition) is 1. The van der Waals surface area contributed by atoms with Gasteiger partial charge in [-0.15, -0.1) is 0 Å². The molecule has 1 saturated carbocycles. The Balaban J connectivity index is 1.64. The molecule has 0 bridgehead atoms. The van der Waals surface area contributed by atoms with Crippen molar-refractivity contribution in [3.63, 3.8) is 0 Å². The molecule has 1 amide bonds. The molecule has 0 spiro atoms. The highest BCUT2D eigenvalue weighted by Crippen LogP contribution is 2.23. The van der Waals surface area contributed by atoms with Crippen molar-refractivity contribution >= 4 is 27.6 Å². The minimum atomic E-state index is -3.70. The van der Waals surface area contributed by atoms with E-state index in [4.69, 9.17) is 4.74 Å². The first-order valence-electron chi connectivity index (χ1n) is 8.89. The summed E-state index contributed by atoms with van der Waals surface area (Å²) in [5, 5.41) is 2.73. The van der Waals surface area contributed by atoms with Gasteiger partial charge in [-0.2, -0.15) is 0 Å². The molecule has 3 rings (SSSR count). The molecule has 1 aliphatic carbocycles. The Labute approximate surface area is 164 Å². The number of sulfonamides is 1. The number of benzene rings is 2. The molecule has 2 aromatic carbocycles. The van der Waals surface area contributed by atoms with Crippen LogP contribution in [0.15, 0.2) is 53.4 Å². The average molecular weight is 402 g/mol. The summed E-state index contributed by atoms with van der Waals surface area (Å²) in [4.78, 5) is 23.8. The zero-order chi connectivity index (χ0) is 20.3.